The summed E-state index contributed by atoms with van der Waals surface area (Å²) in [4.78, 5) is 6.85. The first-order valence-corrected chi connectivity index (χ1v) is 11.2. The summed E-state index contributed by atoms with van der Waals surface area (Å²) >= 11 is 0. The van der Waals surface area contributed by atoms with E-state index in [9.17, 15) is 0 Å². The van der Waals surface area contributed by atoms with Crippen molar-refractivity contribution in [2.45, 2.75) is 32.5 Å². The summed E-state index contributed by atoms with van der Waals surface area (Å²) in [5, 5.41) is 11.4. The molecule has 0 amide bonds. The Morgan fingerprint density at radius 3 is 2.31 bits per heavy atom. The van der Waals surface area contributed by atoms with Crippen molar-refractivity contribution < 1.29 is 4.74 Å². The lowest BCUT2D eigenvalue weighted by atomic mass is 10.1. The van der Waals surface area contributed by atoms with Crippen molar-refractivity contribution in [2.75, 3.05) is 27.2 Å². The molecule has 7 heteroatoms. The summed E-state index contributed by atoms with van der Waals surface area (Å²) in [5.41, 5.74) is 4.55. The van der Waals surface area contributed by atoms with E-state index in [1.807, 2.05) is 41.2 Å². The lowest BCUT2D eigenvalue weighted by molar-refractivity contribution is 0.331. The Kier molecular flexibility index (Phi) is 7.40. The summed E-state index contributed by atoms with van der Waals surface area (Å²) in [6.45, 7) is 4.83. The SMILES string of the molecule is CN=C(NCc1ccc(CN2CCCC2)cc1)NCc1ccn(-c2ccc(OC)cc2)n1. The first-order valence-electron chi connectivity index (χ1n) is 11.2. The number of hydrogen-bond acceptors (Lipinski definition) is 4. The van der Waals surface area contributed by atoms with Gasteiger partial charge in [-0.05, 0) is 67.4 Å². The number of ether oxygens (including phenoxy) is 1. The zero-order valence-corrected chi connectivity index (χ0v) is 18.9. The number of rotatable bonds is 8. The van der Waals surface area contributed by atoms with E-state index in [1.165, 1.54) is 37.1 Å². The fourth-order valence-corrected chi connectivity index (χ4v) is 3.88. The molecule has 1 saturated heterocycles. The first-order chi connectivity index (χ1) is 15.7. The van der Waals surface area contributed by atoms with Crippen LogP contribution in [0.5, 0.6) is 5.75 Å². The van der Waals surface area contributed by atoms with Gasteiger partial charge in [0.25, 0.3) is 0 Å². The number of guanidine groups is 1. The maximum absolute atomic E-state index is 5.21. The minimum atomic E-state index is 0.595. The van der Waals surface area contributed by atoms with E-state index in [0.29, 0.717) is 6.54 Å². The predicted molar refractivity (Wildman–Crippen MR) is 128 cm³/mol. The molecule has 4 rings (SSSR count). The van der Waals surface area contributed by atoms with Gasteiger partial charge < -0.3 is 15.4 Å². The maximum atomic E-state index is 5.21. The smallest absolute Gasteiger partial charge is 0.191 e. The van der Waals surface area contributed by atoms with Crippen LogP contribution in [0.25, 0.3) is 5.69 Å². The Hall–Kier alpha value is -3.32. The van der Waals surface area contributed by atoms with E-state index in [1.54, 1.807) is 14.2 Å². The second-order valence-electron chi connectivity index (χ2n) is 8.03. The number of nitrogens with zero attached hydrogens (tertiary/aromatic N) is 4. The van der Waals surface area contributed by atoms with Crippen molar-refractivity contribution in [3.63, 3.8) is 0 Å². The normalized spacial score (nSPS) is 14.5. The van der Waals surface area contributed by atoms with Crippen LogP contribution in [0.3, 0.4) is 0 Å². The van der Waals surface area contributed by atoms with Gasteiger partial charge in [-0.1, -0.05) is 24.3 Å². The van der Waals surface area contributed by atoms with Gasteiger partial charge in [-0.15, -0.1) is 0 Å². The third-order valence-corrected chi connectivity index (χ3v) is 5.73. The largest absolute Gasteiger partial charge is 0.497 e. The van der Waals surface area contributed by atoms with Crippen LogP contribution in [0, 0.1) is 0 Å². The summed E-state index contributed by atoms with van der Waals surface area (Å²) in [7, 11) is 3.45. The van der Waals surface area contributed by atoms with Crippen molar-refractivity contribution in [3.05, 3.63) is 77.6 Å². The van der Waals surface area contributed by atoms with Gasteiger partial charge in [0.2, 0.25) is 0 Å². The Labute approximate surface area is 190 Å². The lowest BCUT2D eigenvalue weighted by Gasteiger charge is -2.15. The molecular weight excluding hydrogens is 400 g/mol. The fraction of sp³-hybridized carbons (Fsp3) is 0.360. The predicted octanol–water partition coefficient (Wildman–Crippen LogP) is 3.34. The first kappa shape index (κ1) is 21.9. The second-order valence-corrected chi connectivity index (χ2v) is 8.03. The van der Waals surface area contributed by atoms with E-state index in [4.69, 9.17) is 4.74 Å². The molecule has 1 fully saturated rings. The molecule has 3 aromatic rings. The average molecular weight is 433 g/mol. The van der Waals surface area contributed by atoms with Crippen LogP contribution in [0.15, 0.2) is 65.8 Å². The van der Waals surface area contributed by atoms with Crippen LogP contribution in [0.2, 0.25) is 0 Å². The molecule has 0 aliphatic carbocycles. The van der Waals surface area contributed by atoms with Gasteiger partial charge in [0.1, 0.15) is 5.75 Å². The highest BCUT2D eigenvalue weighted by Crippen LogP contribution is 2.15. The van der Waals surface area contributed by atoms with Crippen molar-refractivity contribution in [1.29, 1.82) is 0 Å². The van der Waals surface area contributed by atoms with Crippen molar-refractivity contribution in [3.8, 4) is 11.4 Å². The molecule has 2 N–H and O–H groups in total. The monoisotopic (exact) mass is 432 g/mol. The van der Waals surface area contributed by atoms with E-state index in [0.717, 1.165) is 36.2 Å². The van der Waals surface area contributed by atoms with Gasteiger partial charge in [-0.2, -0.15) is 5.10 Å². The molecule has 2 heterocycles. The van der Waals surface area contributed by atoms with Gasteiger partial charge in [0, 0.05) is 26.3 Å². The lowest BCUT2D eigenvalue weighted by Crippen LogP contribution is -2.36. The molecule has 0 spiro atoms. The van der Waals surface area contributed by atoms with Gasteiger partial charge in [-0.25, -0.2) is 4.68 Å². The maximum Gasteiger partial charge on any atom is 0.191 e. The van der Waals surface area contributed by atoms with Gasteiger partial charge in [0.15, 0.2) is 5.96 Å². The Morgan fingerprint density at radius 2 is 1.62 bits per heavy atom. The van der Waals surface area contributed by atoms with Crippen molar-refractivity contribution >= 4 is 5.96 Å². The van der Waals surface area contributed by atoms with Crippen LogP contribution in [0.1, 0.15) is 29.7 Å². The molecule has 7 nitrogen and oxygen atoms in total. The molecule has 0 atom stereocenters. The summed E-state index contributed by atoms with van der Waals surface area (Å²) in [6, 6.07) is 18.7. The molecule has 1 aliphatic heterocycles. The summed E-state index contributed by atoms with van der Waals surface area (Å²) in [6.07, 6.45) is 4.62. The van der Waals surface area contributed by atoms with Crippen LogP contribution in [-0.2, 0) is 19.6 Å². The molecule has 0 radical (unpaired) electrons. The van der Waals surface area contributed by atoms with Crippen molar-refractivity contribution in [2.24, 2.45) is 4.99 Å². The zero-order chi connectivity index (χ0) is 22.2. The van der Waals surface area contributed by atoms with E-state index in [2.05, 4.69) is 49.9 Å². The Morgan fingerprint density at radius 1 is 0.938 bits per heavy atom. The number of hydrogen-bond donors (Lipinski definition) is 2. The fourth-order valence-electron chi connectivity index (χ4n) is 3.88. The quantitative estimate of drug-likeness (QED) is 0.422. The molecule has 168 valence electrons. The molecule has 0 bridgehead atoms. The van der Waals surface area contributed by atoms with E-state index < -0.39 is 0 Å². The van der Waals surface area contributed by atoms with Crippen molar-refractivity contribution in [1.82, 2.24) is 25.3 Å². The molecular formula is C25H32N6O. The molecule has 0 saturated carbocycles. The topological polar surface area (TPSA) is 66.7 Å². The van der Waals surface area contributed by atoms with Crippen LogP contribution in [0.4, 0.5) is 0 Å². The van der Waals surface area contributed by atoms with Crippen LogP contribution >= 0.6 is 0 Å². The summed E-state index contributed by atoms with van der Waals surface area (Å²) in [5.74, 6) is 1.59. The average Bonchev–Trinajstić information content (AvgIpc) is 3.53. The van der Waals surface area contributed by atoms with E-state index in [-0.39, 0.29) is 0 Å². The Balaban J connectivity index is 1.24. The minimum Gasteiger partial charge on any atom is -0.497 e. The number of aliphatic imine (C=N–C) groups is 1. The summed E-state index contributed by atoms with van der Waals surface area (Å²) < 4.78 is 7.07. The van der Waals surface area contributed by atoms with Crippen LogP contribution < -0.4 is 15.4 Å². The highest BCUT2D eigenvalue weighted by Gasteiger charge is 2.11. The highest BCUT2D eigenvalue weighted by atomic mass is 16.5. The molecule has 0 unspecified atom stereocenters. The molecule has 1 aromatic heterocycles. The van der Waals surface area contributed by atoms with Crippen LogP contribution in [-0.4, -0.2) is 47.9 Å². The Bertz CT molecular complexity index is 1000. The number of nitrogens with one attached hydrogen (secondary N) is 2. The van der Waals surface area contributed by atoms with Gasteiger partial charge in [0.05, 0.1) is 25.0 Å². The number of likely N-dealkylation sites (tertiary alicyclic amines) is 1. The molecule has 2 aromatic carbocycles. The molecule has 1 aliphatic rings. The number of benzene rings is 2. The second kappa shape index (κ2) is 10.8. The molecule has 32 heavy (non-hydrogen) atoms. The third-order valence-electron chi connectivity index (χ3n) is 5.73. The van der Waals surface area contributed by atoms with E-state index >= 15 is 0 Å². The third kappa shape index (κ3) is 5.88. The zero-order valence-electron chi connectivity index (χ0n) is 18.9. The number of aromatic nitrogens is 2. The van der Waals surface area contributed by atoms with Gasteiger partial charge >= 0.3 is 0 Å². The van der Waals surface area contributed by atoms with Gasteiger partial charge in [-0.3, -0.25) is 9.89 Å². The number of methoxy groups -OCH3 is 1. The highest BCUT2D eigenvalue weighted by molar-refractivity contribution is 5.79. The minimum absolute atomic E-state index is 0.595. The standard InChI is InChI=1S/C25H32N6O/c1-26-25(27-17-20-5-7-21(8-6-20)19-30-14-3-4-15-30)28-18-22-13-16-31(29-22)23-9-11-24(32-2)12-10-23/h5-13,16H,3-4,14-15,17-19H2,1-2H3,(H2,26,27,28).